The maximum Gasteiger partial charge on any atom is 0.309 e. The molecule has 2 heterocycles. The number of hydrogen-bond donors (Lipinski definition) is 3. The molecule has 0 fully saturated rings. The van der Waals surface area contributed by atoms with E-state index in [1.165, 1.54) is 19.3 Å². The molecule has 6 aromatic rings. The van der Waals surface area contributed by atoms with Crippen LogP contribution in [-0.2, 0) is 44.2 Å². The summed E-state index contributed by atoms with van der Waals surface area (Å²) in [5, 5.41) is 48.9. The number of hydrogen-bond acceptors (Lipinski definition) is 11. The van der Waals surface area contributed by atoms with Crippen molar-refractivity contribution in [3.63, 3.8) is 0 Å². The summed E-state index contributed by atoms with van der Waals surface area (Å²) in [4.78, 5) is 20.0. The number of nitriles is 2. The van der Waals surface area contributed by atoms with Crippen LogP contribution in [0.25, 0.3) is 11.1 Å². The highest BCUT2D eigenvalue weighted by Crippen LogP contribution is 2.38. The fourth-order valence-corrected chi connectivity index (χ4v) is 7.48. The van der Waals surface area contributed by atoms with Gasteiger partial charge in [0.05, 0.1) is 39.8 Å². The van der Waals surface area contributed by atoms with Crippen LogP contribution in [0, 0.1) is 42.4 Å². The van der Waals surface area contributed by atoms with Gasteiger partial charge in [0, 0.05) is 53.6 Å². The molecule has 6 rings (SSSR count). The van der Waals surface area contributed by atoms with Gasteiger partial charge in [0.25, 0.3) is 0 Å². The van der Waals surface area contributed by atoms with E-state index in [1.807, 2.05) is 50.2 Å². The van der Waals surface area contributed by atoms with E-state index < -0.39 is 18.0 Å². The standard InChI is InChI=1S/C49H44Cl2N4O8/c1-29-37(27-62-47-16-45(60-25-34-12-32(18-52)20-54-22-34)36(14-43(47)50)10-11-42(31(3)57)49(58)59)6-4-8-40(29)41-9-5-7-38(30(41)2)28-63-48-17-46(39(24-56)15-44(48)51)61-26-35-13-33(19-53)21-55-23-35/h4-9,12-17,20-23,31,42,56-57H,10-11,24-28H2,1-3H3,(H,58,59). The van der Waals surface area contributed by atoms with Crippen molar-refractivity contribution in [2.24, 2.45) is 5.92 Å². The van der Waals surface area contributed by atoms with Crippen LogP contribution < -0.4 is 18.9 Å². The molecule has 0 amide bonds. The smallest absolute Gasteiger partial charge is 0.309 e. The Morgan fingerprint density at radius 1 is 0.667 bits per heavy atom. The number of halogens is 2. The van der Waals surface area contributed by atoms with Gasteiger partial charge in [-0.3, -0.25) is 14.8 Å². The highest BCUT2D eigenvalue weighted by molar-refractivity contribution is 6.32. The number of aliphatic hydroxyl groups excluding tert-OH is 2. The number of rotatable bonds is 19. The third-order valence-electron chi connectivity index (χ3n) is 10.6. The van der Waals surface area contributed by atoms with Crippen LogP contribution in [0.1, 0.15) is 69.0 Å². The average Bonchev–Trinajstić information content (AvgIpc) is 3.28. The zero-order valence-electron chi connectivity index (χ0n) is 34.8. The summed E-state index contributed by atoms with van der Waals surface area (Å²) in [5.41, 5.74) is 9.10. The van der Waals surface area contributed by atoms with Crippen LogP contribution in [0.2, 0.25) is 10.0 Å². The van der Waals surface area contributed by atoms with E-state index in [0.717, 1.165) is 33.4 Å². The van der Waals surface area contributed by atoms with E-state index in [9.17, 15) is 30.6 Å². The van der Waals surface area contributed by atoms with Gasteiger partial charge >= 0.3 is 5.97 Å². The number of aryl methyl sites for hydroxylation is 1. The topological polar surface area (TPSA) is 188 Å². The van der Waals surface area contributed by atoms with E-state index in [4.69, 9.17) is 42.1 Å². The van der Waals surface area contributed by atoms with Crippen molar-refractivity contribution in [3.05, 3.63) is 163 Å². The molecule has 0 radical (unpaired) electrons. The molecular weight excluding hydrogens is 843 g/mol. The minimum absolute atomic E-state index is 0.0803. The number of aliphatic carboxylic acids is 1. The van der Waals surface area contributed by atoms with Gasteiger partial charge in [0.1, 0.15) is 61.6 Å². The maximum absolute atomic E-state index is 11.8. The highest BCUT2D eigenvalue weighted by Gasteiger charge is 2.24. The lowest BCUT2D eigenvalue weighted by atomic mass is 9.92. The molecule has 0 aliphatic carbocycles. The number of aromatic nitrogens is 2. The lowest BCUT2D eigenvalue weighted by molar-refractivity contribution is -0.145. The largest absolute Gasteiger partial charge is 0.488 e. The minimum Gasteiger partial charge on any atom is -0.488 e. The van der Waals surface area contributed by atoms with Crippen molar-refractivity contribution in [1.82, 2.24) is 9.97 Å². The van der Waals surface area contributed by atoms with Crippen molar-refractivity contribution in [2.75, 3.05) is 0 Å². The summed E-state index contributed by atoms with van der Waals surface area (Å²) in [6.45, 7) is 5.77. The predicted molar refractivity (Wildman–Crippen MR) is 237 cm³/mol. The molecule has 0 spiro atoms. The van der Waals surface area contributed by atoms with Crippen LogP contribution in [0.15, 0.2) is 97.6 Å². The molecule has 0 aliphatic heterocycles. The number of carbonyl (C=O) groups is 1. The van der Waals surface area contributed by atoms with Gasteiger partial charge in [-0.15, -0.1) is 0 Å². The SMILES string of the molecule is Cc1c(COc2cc(OCc3cncc(C#N)c3)c(CO)cc2Cl)cccc1-c1cccc(COc2cc(OCc3cncc(C#N)c3)c(CCC(C(=O)O)C(C)O)cc2Cl)c1C. The van der Waals surface area contributed by atoms with E-state index in [-0.39, 0.29) is 45.9 Å². The van der Waals surface area contributed by atoms with Crippen molar-refractivity contribution in [1.29, 1.82) is 10.5 Å². The summed E-state index contributed by atoms with van der Waals surface area (Å²) in [6, 6.07) is 26.1. The highest BCUT2D eigenvalue weighted by atomic mass is 35.5. The van der Waals surface area contributed by atoms with Crippen LogP contribution in [0.3, 0.4) is 0 Å². The van der Waals surface area contributed by atoms with Gasteiger partial charge in [-0.1, -0.05) is 59.6 Å². The molecule has 12 nitrogen and oxygen atoms in total. The first kappa shape index (κ1) is 45.8. The van der Waals surface area contributed by atoms with E-state index >= 15 is 0 Å². The predicted octanol–water partition coefficient (Wildman–Crippen LogP) is 9.63. The van der Waals surface area contributed by atoms with Gasteiger partial charge in [0.15, 0.2) is 0 Å². The van der Waals surface area contributed by atoms with Crippen LogP contribution in [0.5, 0.6) is 23.0 Å². The normalized spacial score (nSPS) is 11.8. The molecule has 14 heteroatoms. The summed E-state index contributed by atoms with van der Waals surface area (Å²) in [7, 11) is 0. The fourth-order valence-electron chi connectivity index (χ4n) is 6.99. The summed E-state index contributed by atoms with van der Waals surface area (Å²) >= 11 is 13.4. The zero-order chi connectivity index (χ0) is 45.0. The van der Waals surface area contributed by atoms with Gasteiger partial charge in [0.2, 0.25) is 0 Å². The average molecular weight is 888 g/mol. The Kier molecular flexibility index (Phi) is 15.6. The molecule has 0 saturated heterocycles. The van der Waals surface area contributed by atoms with Gasteiger partial charge in [-0.05, 0) is 96.8 Å². The Morgan fingerprint density at radius 3 is 1.57 bits per heavy atom. The molecule has 3 N–H and O–H groups in total. The monoisotopic (exact) mass is 886 g/mol. The Labute approximate surface area is 375 Å². The molecule has 322 valence electrons. The molecule has 63 heavy (non-hydrogen) atoms. The van der Waals surface area contributed by atoms with Crippen LogP contribution in [0.4, 0.5) is 0 Å². The number of aliphatic hydroxyl groups is 2. The van der Waals surface area contributed by atoms with Crippen molar-refractivity contribution in [3.8, 4) is 46.3 Å². The Balaban J connectivity index is 1.19. The quantitative estimate of drug-likeness (QED) is 0.0700. The zero-order valence-corrected chi connectivity index (χ0v) is 36.3. The summed E-state index contributed by atoms with van der Waals surface area (Å²) in [6.07, 6.45) is 5.48. The third kappa shape index (κ3) is 11.6. The molecule has 2 unspecified atom stereocenters. The maximum atomic E-state index is 11.8. The summed E-state index contributed by atoms with van der Waals surface area (Å²) < 4.78 is 24.8. The Morgan fingerprint density at radius 2 is 1.13 bits per heavy atom. The lowest BCUT2D eigenvalue weighted by Gasteiger charge is -2.19. The van der Waals surface area contributed by atoms with Gasteiger partial charge in [-0.25, -0.2) is 0 Å². The van der Waals surface area contributed by atoms with Gasteiger partial charge < -0.3 is 34.3 Å². The number of benzene rings is 4. The lowest BCUT2D eigenvalue weighted by Crippen LogP contribution is -2.26. The minimum atomic E-state index is -1.10. The molecule has 2 atom stereocenters. The fraction of sp³-hybridized carbons (Fsp3) is 0.245. The van der Waals surface area contributed by atoms with Crippen molar-refractivity contribution >= 4 is 29.2 Å². The van der Waals surface area contributed by atoms with E-state index in [1.54, 1.807) is 48.8 Å². The van der Waals surface area contributed by atoms with Crippen LogP contribution in [-0.4, -0.2) is 37.4 Å². The van der Waals surface area contributed by atoms with E-state index in [2.05, 4.69) is 22.1 Å². The first-order valence-corrected chi connectivity index (χ1v) is 20.7. The van der Waals surface area contributed by atoms with Crippen molar-refractivity contribution in [2.45, 2.75) is 72.8 Å². The van der Waals surface area contributed by atoms with Crippen molar-refractivity contribution < 1.29 is 39.1 Å². The number of carboxylic acid groups (broad SMARTS) is 1. The van der Waals surface area contributed by atoms with E-state index in [0.29, 0.717) is 66.4 Å². The molecule has 0 bridgehead atoms. The van der Waals surface area contributed by atoms with Crippen LogP contribution >= 0.6 is 23.2 Å². The molecule has 0 saturated carbocycles. The Hall–Kier alpha value is -6.67. The third-order valence-corrected chi connectivity index (χ3v) is 11.2. The number of pyridine rings is 2. The second-order valence-corrected chi connectivity index (χ2v) is 15.7. The number of nitrogens with zero attached hydrogens (tertiary/aromatic N) is 4. The van der Waals surface area contributed by atoms with Gasteiger partial charge in [-0.2, -0.15) is 10.5 Å². The second kappa shape index (κ2) is 21.4. The molecular formula is C49H44Cl2N4O8. The first-order valence-electron chi connectivity index (χ1n) is 19.9. The number of ether oxygens (including phenoxy) is 4. The second-order valence-electron chi connectivity index (χ2n) is 14.9. The molecule has 4 aromatic carbocycles. The number of carboxylic acids is 1. The molecule has 2 aromatic heterocycles. The molecule has 0 aliphatic rings. The Bertz CT molecular complexity index is 2690. The summed E-state index contributed by atoms with van der Waals surface area (Å²) in [5.74, 6) is -0.547. The first-order chi connectivity index (χ1) is 30.4.